The van der Waals surface area contributed by atoms with Gasteiger partial charge in [-0.1, -0.05) is 12.8 Å². The molecular formula is C11H13NO2. The summed E-state index contributed by atoms with van der Waals surface area (Å²) in [5.74, 6) is 2.54. The van der Waals surface area contributed by atoms with Crippen LogP contribution in [0.25, 0.3) is 0 Å². The Morgan fingerprint density at radius 3 is 2.93 bits per heavy atom. The minimum Gasteiger partial charge on any atom is -0.459 e. The molecule has 1 heterocycles. The summed E-state index contributed by atoms with van der Waals surface area (Å²) in [6.45, 7) is 3.72. The van der Waals surface area contributed by atoms with Crippen LogP contribution in [0.1, 0.15) is 30.8 Å². The van der Waals surface area contributed by atoms with E-state index in [1.54, 1.807) is 19.1 Å². The lowest BCUT2D eigenvalue weighted by atomic mass is 10.0. The van der Waals surface area contributed by atoms with E-state index in [9.17, 15) is 4.79 Å². The van der Waals surface area contributed by atoms with Crippen molar-refractivity contribution < 1.29 is 9.21 Å². The average Bonchev–Trinajstić information content (AvgIpc) is 2.70. The molecular weight excluding hydrogens is 178 g/mol. The van der Waals surface area contributed by atoms with Crippen LogP contribution in [0.4, 0.5) is 0 Å². The molecule has 14 heavy (non-hydrogen) atoms. The predicted molar refractivity (Wildman–Crippen MR) is 53.7 cm³/mol. The van der Waals surface area contributed by atoms with Crippen molar-refractivity contribution in [3.8, 4) is 12.3 Å². The van der Waals surface area contributed by atoms with Gasteiger partial charge >= 0.3 is 0 Å². The molecule has 1 atom stereocenters. The summed E-state index contributed by atoms with van der Waals surface area (Å²) in [6.07, 6.45) is 7.45. The molecule has 0 fully saturated rings. The summed E-state index contributed by atoms with van der Waals surface area (Å²) in [5.41, 5.74) is -0.607. The maximum Gasteiger partial charge on any atom is 0.288 e. The number of terminal acetylenes is 1. The van der Waals surface area contributed by atoms with Gasteiger partial charge in [0.05, 0.1) is 11.8 Å². The molecule has 1 unspecified atom stereocenters. The Morgan fingerprint density at radius 1 is 1.79 bits per heavy atom. The average molecular weight is 191 g/mol. The third kappa shape index (κ3) is 2.17. The van der Waals surface area contributed by atoms with Gasteiger partial charge in [-0.05, 0) is 25.5 Å². The summed E-state index contributed by atoms with van der Waals surface area (Å²) in [7, 11) is 0. The minimum absolute atomic E-state index is 0.278. The van der Waals surface area contributed by atoms with Crippen LogP contribution in [0.2, 0.25) is 0 Å². The first kappa shape index (κ1) is 10.4. The van der Waals surface area contributed by atoms with E-state index >= 15 is 0 Å². The van der Waals surface area contributed by atoms with Crippen molar-refractivity contribution in [3.05, 3.63) is 24.2 Å². The van der Waals surface area contributed by atoms with Crippen LogP contribution in [0.3, 0.4) is 0 Å². The quantitative estimate of drug-likeness (QED) is 0.740. The Balaban J connectivity index is 2.71. The molecule has 1 N–H and O–H groups in total. The molecule has 1 aromatic heterocycles. The highest BCUT2D eigenvalue weighted by molar-refractivity contribution is 5.92. The largest absolute Gasteiger partial charge is 0.459 e. The molecule has 0 aromatic carbocycles. The Kier molecular flexibility index (Phi) is 2.98. The summed E-state index contributed by atoms with van der Waals surface area (Å²) >= 11 is 0. The van der Waals surface area contributed by atoms with Crippen LogP contribution in [0.15, 0.2) is 22.8 Å². The Morgan fingerprint density at radius 2 is 2.50 bits per heavy atom. The highest BCUT2D eigenvalue weighted by Gasteiger charge is 2.22. The van der Waals surface area contributed by atoms with E-state index in [2.05, 4.69) is 11.2 Å². The van der Waals surface area contributed by atoms with Crippen LogP contribution in [0, 0.1) is 12.3 Å². The molecule has 0 radical (unpaired) electrons. The first-order chi connectivity index (χ1) is 6.61. The Labute approximate surface area is 83.5 Å². The third-order valence-corrected chi connectivity index (χ3v) is 2.16. The smallest absolute Gasteiger partial charge is 0.288 e. The molecule has 0 saturated carbocycles. The van der Waals surface area contributed by atoms with Gasteiger partial charge in [0.2, 0.25) is 0 Å². The van der Waals surface area contributed by atoms with Gasteiger partial charge in [-0.3, -0.25) is 4.79 Å². The number of hydrogen-bond acceptors (Lipinski definition) is 2. The zero-order valence-electron chi connectivity index (χ0n) is 8.33. The Bertz CT molecular complexity index is 348. The van der Waals surface area contributed by atoms with E-state index in [1.165, 1.54) is 6.26 Å². The van der Waals surface area contributed by atoms with Gasteiger partial charge in [-0.25, -0.2) is 0 Å². The highest BCUT2D eigenvalue weighted by atomic mass is 16.3. The van der Waals surface area contributed by atoms with Gasteiger partial charge in [0.1, 0.15) is 0 Å². The van der Waals surface area contributed by atoms with Crippen molar-refractivity contribution in [1.82, 2.24) is 5.32 Å². The molecule has 1 amide bonds. The molecule has 0 saturated heterocycles. The van der Waals surface area contributed by atoms with Gasteiger partial charge in [-0.2, -0.15) is 0 Å². The second-order valence-corrected chi connectivity index (χ2v) is 3.26. The van der Waals surface area contributed by atoms with Crippen molar-refractivity contribution in [1.29, 1.82) is 0 Å². The molecule has 0 aliphatic rings. The molecule has 0 aliphatic carbocycles. The number of hydrogen-bond donors (Lipinski definition) is 1. The summed E-state index contributed by atoms with van der Waals surface area (Å²) in [4.78, 5) is 11.5. The van der Waals surface area contributed by atoms with Crippen LogP contribution in [-0.2, 0) is 0 Å². The topological polar surface area (TPSA) is 42.2 Å². The number of furan rings is 1. The number of carbonyl (C=O) groups excluding carboxylic acids is 1. The number of amides is 1. The van der Waals surface area contributed by atoms with E-state index in [0.29, 0.717) is 6.42 Å². The van der Waals surface area contributed by atoms with Crippen LogP contribution in [-0.4, -0.2) is 11.4 Å². The molecule has 3 nitrogen and oxygen atoms in total. The minimum atomic E-state index is -0.607. The molecule has 0 bridgehead atoms. The zero-order chi connectivity index (χ0) is 10.6. The van der Waals surface area contributed by atoms with Crippen molar-refractivity contribution >= 4 is 5.91 Å². The van der Waals surface area contributed by atoms with Gasteiger partial charge in [0, 0.05) is 0 Å². The van der Waals surface area contributed by atoms with Crippen LogP contribution < -0.4 is 5.32 Å². The van der Waals surface area contributed by atoms with E-state index in [-0.39, 0.29) is 11.7 Å². The van der Waals surface area contributed by atoms with Crippen molar-refractivity contribution in [3.63, 3.8) is 0 Å². The van der Waals surface area contributed by atoms with Gasteiger partial charge in [-0.15, -0.1) is 6.42 Å². The number of rotatable bonds is 3. The summed E-state index contributed by atoms with van der Waals surface area (Å²) in [6, 6.07) is 3.26. The molecule has 0 aliphatic heterocycles. The normalized spacial score (nSPS) is 14.1. The second kappa shape index (κ2) is 4.01. The van der Waals surface area contributed by atoms with Crippen LogP contribution in [0.5, 0.6) is 0 Å². The molecule has 1 aromatic rings. The molecule has 1 rings (SSSR count). The maximum absolute atomic E-state index is 11.5. The van der Waals surface area contributed by atoms with Crippen molar-refractivity contribution in [2.45, 2.75) is 25.8 Å². The second-order valence-electron chi connectivity index (χ2n) is 3.26. The number of carbonyl (C=O) groups is 1. The first-order valence-electron chi connectivity index (χ1n) is 4.45. The highest BCUT2D eigenvalue weighted by Crippen LogP contribution is 2.09. The molecule has 0 spiro atoms. The lowest BCUT2D eigenvalue weighted by Crippen LogP contribution is -2.44. The predicted octanol–water partition coefficient (Wildman–Crippen LogP) is 1.81. The van der Waals surface area contributed by atoms with E-state index in [4.69, 9.17) is 10.8 Å². The molecule has 3 heteroatoms. The van der Waals surface area contributed by atoms with E-state index < -0.39 is 5.54 Å². The molecule has 74 valence electrons. The SMILES string of the molecule is C#CC(C)(CC)NC(=O)c1ccco1. The van der Waals surface area contributed by atoms with Crippen LogP contribution >= 0.6 is 0 Å². The fourth-order valence-electron chi connectivity index (χ4n) is 0.946. The summed E-state index contributed by atoms with van der Waals surface area (Å²) < 4.78 is 4.95. The van der Waals surface area contributed by atoms with Crippen molar-refractivity contribution in [2.75, 3.05) is 0 Å². The van der Waals surface area contributed by atoms with Crippen molar-refractivity contribution in [2.24, 2.45) is 0 Å². The first-order valence-corrected chi connectivity index (χ1v) is 4.45. The monoisotopic (exact) mass is 191 g/mol. The number of nitrogens with one attached hydrogen (secondary N) is 1. The van der Waals surface area contributed by atoms with Gasteiger partial charge in [0.15, 0.2) is 5.76 Å². The Hall–Kier alpha value is -1.69. The fraction of sp³-hybridized carbons (Fsp3) is 0.364. The standard InChI is InChI=1S/C11H13NO2/c1-4-11(3,5-2)12-10(13)9-7-6-8-14-9/h1,6-8H,5H2,2-3H3,(H,12,13). The lowest BCUT2D eigenvalue weighted by molar-refractivity contribution is 0.0895. The van der Waals surface area contributed by atoms with Gasteiger partial charge in [0.25, 0.3) is 5.91 Å². The summed E-state index contributed by atoms with van der Waals surface area (Å²) in [5, 5.41) is 2.73. The zero-order valence-corrected chi connectivity index (χ0v) is 8.33. The van der Waals surface area contributed by atoms with E-state index in [0.717, 1.165) is 0 Å². The third-order valence-electron chi connectivity index (χ3n) is 2.16. The fourth-order valence-corrected chi connectivity index (χ4v) is 0.946. The lowest BCUT2D eigenvalue weighted by Gasteiger charge is -2.22. The maximum atomic E-state index is 11.5. The van der Waals surface area contributed by atoms with Gasteiger partial charge < -0.3 is 9.73 Å². The van der Waals surface area contributed by atoms with E-state index in [1.807, 2.05) is 6.92 Å².